The Bertz CT molecular complexity index is 1250. The lowest BCUT2D eigenvalue weighted by atomic mass is 9.97. The summed E-state index contributed by atoms with van der Waals surface area (Å²) in [6, 6.07) is 19.6. The summed E-state index contributed by atoms with van der Waals surface area (Å²) >= 11 is 12.2. The lowest BCUT2D eigenvalue weighted by Crippen LogP contribution is -2.42. The van der Waals surface area contributed by atoms with Gasteiger partial charge < -0.3 is 10.1 Å². The molecule has 3 aromatic carbocycles. The number of rotatable bonds is 10. The molecule has 1 amide bonds. The van der Waals surface area contributed by atoms with E-state index in [4.69, 9.17) is 27.9 Å². The zero-order valence-corrected chi connectivity index (χ0v) is 22.1. The Kier molecular flexibility index (Phi) is 9.05. The molecule has 0 fully saturated rings. The minimum absolute atomic E-state index is 0.0627. The van der Waals surface area contributed by atoms with E-state index in [1.165, 1.54) is 30.3 Å². The number of hydrogen-bond donors (Lipinski definition) is 1. The highest BCUT2D eigenvalue weighted by Gasteiger charge is 2.28. The number of sulfonamides is 1. The number of carbonyl (C=O) groups is 1. The summed E-state index contributed by atoms with van der Waals surface area (Å²) in [5, 5.41) is 3.48. The van der Waals surface area contributed by atoms with Gasteiger partial charge in [0.25, 0.3) is 10.0 Å². The molecule has 0 unspecified atom stereocenters. The predicted molar refractivity (Wildman–Crippen MR) is 141 cm³/mol. The number of halogens is 2. The molecular formula is C26H28Cl2N2O4S. The van der Waals surface area contributed by atoms with Crippen LogP contribution in [0.4, 0.5) is 5.69 Å². The van der Waals surface area contributed by atoms with Crippen molar-refractivity contribution < 1.29 is 17.9 Å². The number of ether oxygens (including phenoxy) is 1. The highest BCUT2D eigenvalue weighted by molar-refractivity contribution is 7.92. The van der Waals surface area contributed by atoms with E-state index < -0.39 is 22.5 Å². The molecule has 0 aliphatic heterocycles. The number of anilines is 1. The van der Waals surface area contributed by atoms with E-state index in [-0.39, 0.29) is 26.7 Å². The Morgan fingerprint density at radius 3 is 2.20 bits per heavy atom. The highest BCUT2D eigenvalue weighted by Crippen LogP contribution is 2.31. The van der Waals surface area contributed by atoms with Crippen LogP contribution < -0.4 is 14.4 Å². The Hall–Kier alpha value is -2.74. The number of nitrogens with one attached hydrogen (secondary N) is 1. The van der Waals surface area contributed by atoms with Crippen LogP contribution in [0.3, 0.4) is 0 Å². The Labute approximate surface area is 216 Å². The minimum atomic E-state index is -4.06. The molecule has 1 N–H and O–H groups in total. The smallest absolute Gasteiger partial charge is 0.264 e. The van der Waals surface area contributed by atoms with Crippen LogP contribution in [0, 0.1) is 5.92 Å². The van der Waals surface area contributed by atoms with Gasteiger partial charge in [-0.15, -0.1) is 0 Å². The molecule has 186 valence electrons. The van der Waals surface area contributed by atoms with Gasteiger partial charge in [-0.2, -0.15) is 0 Å². The lowest BCUT2D eigenvalue weighted by molar-refractivity contribution is -0.120. The van der Waals surface area contributed by atoms with Crippen LogP contribution in [0.25, 0.3) is 0 Å². The molecule has 0 aliphatic rings. The Balaban J connectivity index is 1.93. The molecule has 1 atom stereocenters. The second-order valence-electron chi connectivity index (χ2n) is 8.45. The van der Waals surface area contributed by atoms with Gasteiger partial charge in [0.15, 0.2) is 0 Å². The number of nitrogens with zero attached hydrogens (tertiary/aromatic N) is 1. The molecule has 35 heavy (non-hydrogen) atoms. The fourth-order valence-electron chi connectivity index (χ4n) is 3.63. The first-order valence-corrected chi connectivity index (χ1v) is 13.3. The van der Waals surface area contributed by atoms with E-state index in [0.717, 1.165) is 9.87 Å². The number of hydrogen-bond acceptors (Lipinski definition) is 4. The first-order valence-electron chi connectivity index (χ1n) is 11.1. The van der Waals surface area contributed by atoms with E-state index >= 15 is 0 Å². The van der Waals surface area contributed by atoms with Gasteiger partial charge >= 0.3 is 0 Å². The van der Waals surface area contributed by atoms with Gasteiger partial charge in [-0.3, -0.25) is 9.10 Å². The third-order valence-corrected chi connectivity index (χ3v) is 7.90. The normalized spacial score (nSPS) is 12.3. The summed E-state index contributed by atoms with van der Waals surface area (Å²) in [5.74, 6) is 0.557. The summed E-state index contributed by atoms with van der Waals surface area (Å²) in [6.07, 6.45) is 0.677. The van der Waals surface area contributed by atoms with Crippen LogP contribution >= 0.6 is 23.2 Å². The standard InChI is InChI=1S/C26H28Cl2N2O4S/c1-18(2)15-25(19-9-12-21(34-3)13-10-19)29-26(31)17-30(20-11-14-23(27)24(28)16-20)35(32,33)22-7-5-4-6-8-22/h4-14,16,18,25H,15,17H2,1-3H3,(H,29,31)/t25-/m1/s1. The molecule has 0 saturated heterocycles. The molecule has 0 radical (unpaired) electrons. The number of amides is 1. The van der Waals surface area contributed by atoms with Crippen molar-refractivity contribution in [1.82, 2.24) is 5.32 Å². The maximum Gasteiger partial charge on any atom is 0.264 e. The van der Waals surface area contributed by atoms with Crippen molar-refractivity contribution in [3.63, 3.8) is 0 Å². The summed E-state index contributed by atoms with van der Waals surface area (Å²) in [4.78, 5) is 13.3. The van der Waals surface area contributed by atoms with Crippen molar-refractivity contribution in [3.05, 3.63) is 88.4 Å². The number of benzene rings is 3. The van der Waals surface area contributed by atoms with E-state index in [1.54, 1.807) is 25.3 Å². The molecule has 6 nitrogen and oxygen atoms in total. The summed E-state index contributed by atoms with van der Waals surface area (Å²) < 4.78 is 33.3. The number of carbonyl (C=O) groups excluding carboxylic acids is 1. The van der Waals surface area contributed by atoms with Crippen molar-refractivity contribution >= 4 is 44.8 Å². The third kappa shape index (κ3) is 6.90. The molecule has 3 rings (SSSR count). The Morgan fingerprint density at radius 2 is 1.63 bits per heavy atom. The quantitative estimate of drug-likeness (QED) is 0.340. The van der Waals surface area contributed by atoms with Crippen molar-refractivity contribution in [1.29, 1.82) is 0 Å². The van der Waals surface area contributed by atoms with Crippen LogP contribution in [0.5, 0.6) is 5.75 Å². The fraction of sp³-hybridized carbons (Fsp3) is 0.269. The first-order chi connectivity index (χ1) is 16.6. The van der Waals surface area contributed by atoms with Crippen molar-refractivity contribution in [2.75, 3.05) is 18.0 Å². The molecule has 0 aromatic heterocycles. The molecule has 0 aliphatic carbocycles. The maximum atomic E-state index is 13.5. The van der Waals surface area contributed by atoms with Crippen LogP contribution in [-0.4, -0.2) is 28.0 Å². The van der Waals surface area contributed by atoms with E-state index in [2.05, 4.69) is 19.2 Å². The van der Waals surface area contributed by atoms with Crippen LogP contribution in [-0.2, 0) is 14.8 Å². The minimum Gasteiger partial charge on any atom is -0.497 e. The van der Waals surface area contributed by atoms with Gasteiger partial charge in [0.1, 0.15) is 12.3 Å². The summed E-state index contributed by atoms with van der Waals surface area (Å²) in [6.45, 7) is 3.69. The fourth-order valence-corrected chi connectivity index (χ4v) is 5.36. The van der Waals surface area contributed by atoms with E-state index in [0.29, 0.717) is 18.1 Å². The second kappa shape index (κ2) is 11.8. The molecule has 0 spiro atoms. The first kappa shape index (κ1) is 26.9. The third-order valence-electron chi connectivity index (χ3n) is 5.37. The topological polar surface area (TPSA) is 75.7 Å². The zero-order valence-electron chi connectivity index (χ0n) is 19.7. The van der Waals surface area contributed by atoms with Gasteiger partial charge in [-0.25, -0.2) is 8.42 Å². The maximum absolute atomic E-state index is 13.5. The van der Waals surface area contributed by atoms with Crippen LogP contribution in [0.2, 0.25) is 10.0 Å². The average Bonchev–Trinajstić information content (AvgIpc) is 2.84. The monoisotopic (exact) mass is 534 g/mol. The van der Waals surface area contributed by atoms with Gasteiger partial charge in [-0.05, 0) is 60.4 Å². The largest absolute Gasteiger partial charge is 0.497 e. The van der Waals surface area contributed by atoms with Crippen molar-refractivity contribution in [2.24, 2.45) is 5.92 Å². The van der Waals surface area contributed by atoms with E-state index in [9.17, 15) is 13.2 Å². The molecule has 0 saturated carbocycles. The molecule has 0 bridgehead atoms. The molecule has 9 heteroatoms. The van der Waals surface area contributed by atoms with Crippen LogP contribution in [0.15, 0.2) is 77.7 Å². The van der Waals surface area contributed by atoms with Crippen LogP contribution in [0.1, 0.15) is 31.9 Å². The van der Waals surface area contributed by atoms with Crippen molar-refractivity contribution in [3.8, 4) is 5.75 Å². The highest BCUT2D eigenvalue weighted by atomic mass is 35.5. The summed E-state index contributed by atoms with van der Waals surface area (Å²) in [7, 11) is -2.47. The SMILES string of the molecule is COc1ccc([C@@H](CC(C)C)NC(=O)CN(c2ccc(Cl)c(Cl)c2)S(=O)(=O)c2ccccc2)cc1. The number of methoxy groups -OCH3 is 1. The Morgan fingerprint density at radius 1 is 0.971 bits per heavy atom. The molecule has 3 aromatic rings. The van der Waals surface area contributed by atoms with E-state index in [1.807, 2.05) is 24.3 Å². The second-order valence-corrected chi connectivity index (χ2v) is 11.1. The lowest BCUT2D eigenvalue weighted by Gasteiger charge is -2.27. The zero-order chi connectivity index (χ0) is 25.6. The molecule has 0 heterocycles. The molecular weight excluding hydrogens is 507 g/mol. The van der Waals surface area contributed by atoms with Gasteiger partial charge in [0.05, 0.1) is 33.8 Å². The van der Waals surface area contributed by atoms with Gasteiger partial charge in [0.2, 0.25) is 5.91 Å². The van der Waals surface area contributed by atoms with Gasteiger partial charge in [-0.1, -0.05) is 67.4 Å². The summed E-state index contributed by atoms with van der Waals surface area (Å²) in [5.41, 5.74) is 1.14. The van der Waals surface area contributed by atoms with Gasteiger partial charge in [0, 0.05) is 0 Å². The van der Waals surface area contributed by atoms with Crippen molar-refractivity contribution in [2.45, 2.75) is 31.2 Å². The predicted octanol–water partition coefficient (Wildman–Crippen LogP) is 6.10. The average molecular weight is 535 g/mol.